The monoisotopic (exact) mass is 807 g/mol. The molecule has 1 amide bonds. The number of benzene rings is 2. The molecule has 21 heteroatoms. The van der Waals surface area contributed by atoms with Gasteiger partial charge < -0.3 is 10.6 Å². The van der Waals surface area contributed by atoms with Gasteiger partial charge in [0, 0.05) is 48.2 Å². The van der Waals surface area contributed by atoms with Crippen LogP contribution in [0.25, 0.3) is 32.4 Å². The van der Waals surface area contributed by atoms with Crippen LogP contribution in [-0.2, 0) is 46.9 Å². The summed E-state index contributed by atoms with van der Waals surface area (Å²) in [5.74, 6) is -8.90. The van der Waals surface area contributed by atoms with Crippen molar-refractivity contribution in [2.24, 2.45) is 13.0 Å². The zero-order valence-corrected chi connectivity index (χ0v) is 30.4. The number of aromatic nitrogens is 6. The van der Waals surface area contributed by atoms with Gasteiger partial charge in [-0.1, -0.05) is 23.5 Å². The highest BCUT2D eigenvalue weighted by Crippen LogP contribution is 2.68. The number of hydrogen-bond donors (Lipinski definition) is 3. The average molecular weight is 808 g/mol. The zero-order valence-electron chi connectivity index (χ0n) is 28.8. The number of hydrogen-bond acceptors (Lipinski definition) is 9. The molecule has 2 aliphatic rings. The van der Waals surface area contributed by atoms with Crippen molar-refractivity contribution in [1.82, 2.24) is 34.8 Å². The summed E-state index contributed by atoms with van der Waals surface area (Å²) in [6.07, 6.45) is -4.56. The molecule has 2 aromatic carbocycles. The van der Waals surface area contributed by atoms with Gasteiger partial charge in [-0.15, -0.1) is 0 Å². The molecule has 288 valence electrons. The average Bonchev–Trinajstić information content (AvgIpc) is 3.36. The van der Waals surface area contributed by atoms with Crippen LogP contribution in [-0.4, -0.2) is 57.2 Å². The number of halogens is 7. The minimum Gasteiger partial charge on any atom is -0.365 e. The number of rotatable bonds is 10. The number of alkyl halides is 5. The standard InChI is InChI=1S/C34H28F7N9O3S2/c1-42-32-45-31-23(54-32)12-19(17-5-4-6-18-27(17)49(2)47-30(18)48-55(3,52)53)26(44-31)22(9-14-7-15(35)10-16(36)8-14)43-24(51)13-50-29-25(28(46-50)34(39,40)41)20-11-21(20)33(29,37)38/h4-8,10,12,20-22H,9,11,13H2,1-3H3,(H,43,51)(H,47,48)(H,42,44,45)/t20?,21-,22+/m1/s1. The fourth-order valence-electron chi connectivity index (χ4n) is 7.42. The summed E-state index contributed by atoms with van der Waals surface area (Å²) in [6.45, 7) is -1.04. The number of carbonyl (C=O) groups excluding carboxylic acids is 1. The van der Waals surface area contributed by atoms with Gasteiger partial charge in [0.15, 0.2) is 22.3 Å². The molecule has 0 saturated heterocycles. The normalized spacial score (nSPS) is 18.0. The summed E-state index contributed by atoms with van der Waals surface area (Å²) in [4.78, 5) is 23.1. The van der Waals surface area contributed by atoms with E-state index in [9.17, 15) is 35.2 Å². The third-order valence-electron chi connectivity index (χ3n) is 9.58. The van der Waals surface area contributed by atoms with Gasteiger partial charge in [0.2, 0.25) is 15.9 Å². The molecule has 3 atom stereocenters. The van der Waals surface area contributed by atoms with E-state index in [1.54, 1.807) is 38.4 Å². The third-order valence-corrected chi connectivity index (χ3v) is 11.2. The van der Waals surface area contributed by atoms with Crippen LogP contribution >= 0.6 is 11.3 Å². The number of thiazole rings is 1. The summed E-state index contributed by atoms with van der Waals surface area (Å²) in [7, 11) is -0.552. The summed E-state index contributed by atoms with van der Waals surface area (Å²) >= 11 is 1.23. The molecule has 0 radical (unpaired) electrons. The van der Waals surface area contributed by atoms with Crippen LogP contribution in [0.2, 0.25) is 0 Å². The first kappa shape index (κ1) is 36.7. The predicted molar refractivity (Wildman–Crippen MR) is 188 cm³/mol. The van der Waals surface area contributed by atoms with Crippen LogP contribution in [0.1, 0.15) is 46.6 Å². The van der Waals surface area contributed by atoms with E-state index in [1.165, 1.54) is 16.0 Å². The van der Waals surface area contributed by atoms with E-state index in [0.29, 0.717) is 42.6 Å². The highest BCUT2D eigenvalue weighted by Gasteiger charge is 2.68. The van der Waals surface area contributed by atoms with Gasteiger partial charge in [0.1, 0.15) is 23.9 Å². The summed E-state index contributed by atoms with van der Waals surface area (Å²) < 4.78 is 131. The SMILES string of the molecule is CNc1nc2nc([C@H](Cc3cc(F)cc(F)c3)NC(=O)Cn3nc(C(F)(F)F)c4c3C(F)(F)[C@@H]3CC43)c(-c3cccc4c(NS(C)(=O)=O)nn(C)c34)cc2s1. The Kier molecular flexibility index (Phi) is 8.41. The summed E-state index contributed by atoms with van der Waals surface area (Å²) in [5.41, 5.74) is -1.53. The Morgan fingerprint density at radius 2 is 1.80 bits per heavy atom. The Hall–Kier alpha value is -5.31. The smallest absolute Gasteiger partial charge is 0.365 e. The zero-order chi connectivity index (χ0) is 39.4. The highest BCUT2D eigenvalue weighted by molar-refractivity contribution is 7.92. The fourth-order valence-corrected chi connectivity index (χ4v) is 8.72. The number of carbonyl (C=O) groups is 1. The van der Waals surface area contributed by atoms with E-state index in [2.05, 4.69) is 30.5 Å². The molecular weight excluding hydrogens is 780 g/mol. The van der Waals surface area contributed by atoms with Crippen molar-refractivity contribution in [2.45, 2.75) is 43.4 Å². The quantitative estimate of drug-likeness (QED) is 0.134. The molecule has 55 heavy (non-hydrogen) atoms. The molecule has 0 spiro atoms. The first-order chi connectivity index (χ1) is 25.8. The fraction of sp³-hybridized carbons (Fsp3) is 0.324. The topological polar surface area (TPSA) is 149 Å². The van der Waals surface area contributed by atoms with E-state index in [4.69, 9.17) is 4.98 Å². The maximum Gasteiger partial charge on any atom is 0.435 e. The second-order valence-electron chi connectivity index (χ2n) is 13.5. The van der Waals surface area contributed by atoms with E-state index >= 15 is 8.78 Å². The van der Waals surface area contributed by atoms with E-state index in [0.717, 1.165) is 18.4 Å². The lowest BCUT2D eigenvalue weighted by molar-refractivity contribution is -0.142. The van der Waals surface area contributed by atoms with Crippen LogP contribution in [0.15, 0.2) is 42.5 Å². The summed E-state index contributed by atoms with van der Waals surface area (Å²) in [5, 5.41) is 14.2. The molecule has 0 bridgehead atoms. The minimum absolute atomic E-state index is 0.0206. The Morgan fingerprint density at radius 1 is 1.07 bits per heavy atom. The van der Waals surface area contributed by atoms with Gasteiger partial charge >= 0.3 is 6.18 Å². The lowest BCUT2D eigenvalue weighted by atomic mass is 9.94. The van der Waals surface area contributed by atoms with Crippen LogP contribution < -0.4 is 15.4 Å². The molecule has 12 nitrogen and oxygen atoms in total. The molecule has 1 fully saturated rings. The highest BCUT2D eigenvalue weighted by atomic mass is 32.2. The summed E-state index contributed by atoms with van der Waals surface area (Å²) in [6, 6.07) is 8.03. The van der Waals surface area contributed by atoms with Crippen molar-refractivity contribution in [2.75, 3.05) is 23.3 Å². The number of sulfonamides is 1. The van der Waals surface area contributed by atoms with Gasteiger partial charge in [-0.05, 0) is 48.6 Å². The molecule has 8 rings (SSSR count). The Bertz CT molecular complexity index is 2650. The predicted octanol–water partition coefficient (Wildman–Crippen LogP) is 6.46. The van der Waals surface area contributed by atoms with E-state index in [-0.39, 0.29) is 35.6 Å². The van der Waals surface area contributed by atoms with Gasteiger partial charge in [0.05, 0.1) is 28.2 Å². The van der Waals surface area contributed by atoms with E-state index < -0.39 is 81.0 Å². The molecule has 4 aromatic heterocycles. The molecule has 0 aliphatic heterocycles. The maximum atomic E-state index is 15.4. The molecular formula is C34H28F7N9O3S2. The number of nitrogens with zero attached hydrogens (tertiary/aromatic N) is 6. The number of anilines is 2. The van der Waals surface area contributed by atoms with Gasteiger partial charge in [0.25, 0.3) is 5.92 Å². The Morgan fingerprint density at radius 3 is 2.47 bits per heavy atom. The molecule has 2 aliphatic carbocycles. The second-order valence-corrected chi connectivity index (χ2v) is 16.3. The Balaban J connectivity index is 1.28. The van der Waals surface area contributed by atoms with Crippen LogP contribution in [0, 0.1) is 17.6 Å². The number of fused-ring (bicyclic) bond motifs is 5. The first-order valence-corrected chi connectivity index (χ1v) is 19.3. The van der Waals surface area contributed by atoms with Crippen molar-refractivity contribution < 1.29 is 43.9 Å². The number of pyridine rings is 1. The molecule has 3 N–H and O–H groups in total. The van der Waals surface area contributed by atoms with Crippen molar-refractivity contribution in [1.29, 1.82) is 0 Å². The number of aryl methyl sites for hydroxylation is 1. The number of amides is 1. The largest absolute Gasteiger partial charge is 0.435 e. The lowest BCUT2D eigenvalue weighted by Gasteiger charge is -2.23. The van der Waals surface area contributed by atoms with Gasteiger partial charge in [-0.2, -0.15) is 32.1 Å². The molecule has 1 unspecified atom stereocenters. The van der Waals surface area contributed by atoms with Crippen molar-refractivity contribution in [3.05, 3.63) is 82.3 Å². The first-order valence-electron chi connectivity index (χ1n) is 16.6. The molecule has 6 aromatic rings. The van der Waals surface area contributed by atoms with Gasteiger partial charge in [-0.3, -0.25) is 18.9 Å². The maximum absolute atomic E-state index is 15.4. The lowest BCUT2D eigenvalue weighted by Crippen LogP contribution is -2.35. The number of nitrogens with one attached hydrogen (secondary N) is 3. The van der Waals surface area contributed by atoms with Gasteiger partial charge in [-0.25, -0.2) is 27.2 Å². The second kappa shape index (κ2) is 12.6. The van der Waals surface area contributed by atoms with E-state index in [1.807, 2.05) is 0 Å². The van der Waals surface area contributed by atoms with Crippen LogP contribution in [0.4, 0.5) is 41.7 Å². The van der Waals surface area contributed by atoms with Crippen molar-refractivity contribution >= 4 is 59.5 Å². The van der Waals surface area contributed by atoms with Crippen molar-refractivity contribution in [3.8, 4) is 11.1 Å². The molecule has 4 heterocycles. The number of para-hydroxylation sites is 1. The Labute approximate surface area is 310 Å². The van der Waals surface area contributed by atoms with Crippen LogP contribution in [0.3, 0.4) is 0 Å². The van der Waals surface area contributed by atoms with Crippen molar-refractivity contribution in [3.63, 3.8) is 0 Å². The van der Waals surface area contributed by atoms with Crippen LogP contribution in [0.5, 0.6) is 0 Å². The molecule has 1 saturated carbocycles. The minimum atomic E-state index is -5.05. The third kappa shape index (κ3) is 6.51.